The van der Waals surface area contributed by atoms with Crippen molar-refractivity contribution in [3.63, 3.8) is 0 Å². The van der Waals surface area contributed by atoms with Gasteiger partial charge in [-0.3, -0.25) is 4.79 Å². The van der Waals surface area contributed by atoms with Gasteiger partial charge in [0, 0.05) is 5.69 Å². The van der Waals surface area contributed by atoms with Gasteiger partial charge in [-0.25, -0.2) is 4.79 Å². The Balaban J connectivity index is 1.76. The van der Waals surface area contributed by atoms with Crippen LogP contribution in [0.1, 0.15) is 17.3 Å². The molecule has 0 bridgehead atoms. The quantitative estimate of drug-likeness (QED) is 0.909. The molecule has 0 radical (unpaired) electrons. The Morgan fingerprint density at radius 1 is 1.04 bits per heavy atom. The number of benzene rings is 2. The van der Waals surface area contributed by atoms with Crippen LogP contribution in [0.2, 0.25) is 0 Å². The number of nitrogens with one attached hydrogen (secondary N) is 1. The summed E-state index contributed by atoms with van der Waals surface area (Å²) in [4.78, 5) is 23.4. The Hall–Kier alpha value is -3.02. The van der Waals surface area contributed by atoms with Gasteiger partial charge in [-0.1, -0.05) is 18.2 Å². The van der Waals surface area contributed by atoms with Gasteiger partial charge in [0.1, 0.15) is 6.10 Å². The number of carboxylic acid groups (broad SMARTS) is 1. The van der Waals surface area contributed by atoms with Crippen LogP contribution in [0.25, 0.3) is 0 Å². The monoisotopic (exact) mass is 313 g/mol. The van der Waals surface area contributed by atoms with E-state index in [0.29, 0.717) is 17.2 Å². The molecule has 0 unspecified atom stereocenters. The second kappa shape index (κ2) is 6.00. The smallest absolute Gasteiger partial charge is 0.335 e. The summed E-state index contributed by atoms with van der Waals surface area (Å²) >= 11 is 0. The first-order valence-corrected chi connectivity index (χ1v) is 7.11. The molecule has 0 aromatic heterocycles. The number of fused-ring (bicyclic) bond motifs is 1. The van der Waals surface area contributed by atoms with E-state index in [9.17, 15) is 9.59 Å². The predicted octanol–water partition coefficient (Wildman–Crippen LogP) is 2.55. The predicted molar refractivity (Wildman–Crippen MR) is 83.0 cm³/mol. The molecule has 0 fully saturated rings. The fourth-order valence-electron chi connectivity index (χ4n) is 2.35. The molecule has 0 aliphatic carbocycles. The Morgan fingerprint density at radius 3 is 2.43 bits per heavy atom. The summed E-state index contributed by atoms with van der Waals surface area (Å²) in [6.45, 7) is 1.74. The van der Waals surface area contributed by atoms with Gasteiger partial charge in [0.05, 0.1) is 5.56 Å². The maximum Gasteiger partial charge on any atom is 0.335 e. The topological polar surface area (TPSA) is 84.9 Å². The highest BCUT2D eigenvalue weighted by Gasteiger charge is 2.34. The Bertz CT molecular complexity index is 758. The highest BCUT2D eigenvalue weighted by Crippen LogP contribution is 2.33. The molecule has 1 aliphatic rings. The molecule has 1 aliphatic heterocycles. The molecule has 2 aromatic carbocycles. The van der Waals surface area contributed by atoms with Gasteiger partial charge in [-0.2, -0.15) is 0 Å². The molecule has 0 saturated carbocycles. The summed E-state index contributed by atoms with van der Waals surface area (Å²) in [5.41, 5.74) is 0.492. The fourth-order valence-corrected chi connectivity index (χ4v) is 2.35. The van der Waals surface area contributed by atoms with E-state index >= 15 is 0 Å². The minimum absolute atomic E-state index is 0.0991. The van der Waals surface area contributed by atoms with Gasteiger partial charge in [0.25, 0.3) is 5.91 Å². The number of hydrogen-bond donors (Lipinski definition) is 2. The second-order valence-electron chi connectivity index (χ2n) is 5.18. The normalized spacial score (nSPS) is 19.0. The van der Waals surface area contributed by atoms with Crippen LogP contribution in [0.15, 0.2) is 48.5 Å². The summed E-state index contributed by atoms with van der Waals surface area (Å²) in [7, 11) is 0. The van der Waals surface area contributed by atoms with Crippen molar-refractivity contribution in [3.05, 3.63) is 54.1 Å². The molecule has 1 heterocycles. The fraction of sp³-hybridized carbons (Fsp3) is 0.176. The van der Waals surface area contributed by atoms with Gasteiger partial charge in [0.2, 0.25) is 6.10 Å². The minimum Gasteiger partial charge on any atom is -0.482 e. The molecular weight excluding hydrogens is 298 g/mol. The van der Waals surface area contributed by atoms with Crippen molar-refractivity contribution in [2.75, 3.05) is 5.32 Å². The molecule has 23 heavy (non-hydrogen) atoms. The highest BCUT2D eigenvalue weighted by atomic mass is 16.6. The third-order valence-corrected chi connectivity index (χ3v) is 3.48. The maximum atomic E-state index is 12.4. The van der Waals surface area contributed by atoms with Crippen LogP contribution in [0, 0.1) is 0 Å². The summed E-state index contributed by atoms with van der Waals surface area (Å²) < 4.78 is 11.4. The van der Waals surface area contributed by atoms with E-state index in [2.05, 4.69) is 5.32 Å². The standard InChI is InChI=1S/C17H15NO5/c1-10-15(23-14-8-3-2-7-13(14)22-10)16(19)18-12-6-4-5-11(9-12)17(20)21/h2-10,15H,1H3,(H,18,19)(H,20,21)/t10-,15-/m0/s1. The van der Waals surface area contributed by atoms with Crippen molar-refractivity contribution in [2.45, 2.75) is 19.1 Å². The number of carbonyl (C=O) groups excluding carboxylic acids is 1. The lowest BCUT2D eigenvalue weighted by Crippen LogP contribution is -2.46. The number of rotatable bonds is 3. The summed E-state index contributed by atoms with van der Waals surface area (Å²) in [6, 6.07) is 13.2. The van der Waals surface area contributed by atoms with Crippen LogP contribution in [0.4, 0.5) is 5.69 Å². The van der Waals surface area contributed by atoms with Crippen molar-refractivity contribution in [1.82, 2.24) is 0 Å². The second-order valence-corrected chi connectivity index (χ2v) is 5.18. The van der Waals surface area contributed by atoms with E-state index in [-0.39, 0.29) is 5.56 Å². The minimum atomic E-state index is -1.05. The number of para-hydroxylation sites is 2. The third kappa shape index (κ3) is 3.11. The lowest BCUT2D eigenvalue weighted by Gasteiger charge is -2.31. The third-order valence-electron chi connectivity index (χ3n) is 3.48. The lowest BCUT2D eigenvalue weighted by atomic mass is 10.1. The van der Waals surface area contributed by atoms with Crippen LogP contribution in [0.3, 0.4) is 0 Å². The zero-order valence-corrected chi connectivity index (χ0v) is 12.4. The number of hydrogen-bond acceptors (Lipinski definition) is 4. The van der Waals surface area contributed by atoms with Gasteiger partial charge < -0.3 is 19.9 Å². The van der Waals surface area contributed by atoms with Gasteiger partial charge in [0.15, 0.2) is 11.5 Å². The summed E-state index contributed by atoms with van der Waals surface area (Å²) in [5.74, 6) is -0.350. The number of ether oxygens (including phenoxy) is 2. The average Bonchev–Trinajstić information content (AvgIpc) is 2.54. The van der Waals surface area contributed by atoms with E-state index in [4.69, 9.17) is 14.6 Å². The van der Waals surface area contributed by atoms with Crippen molar-refractivity contribution >= 4 is 17.6 Å². The van der Waals surface area contributed by atoms with Crippen LogP contribution in [-0.2, 0) is 4.79 Å². The molecule has 0 saturated heterocycles. The van der Waals surface area contributed by atoms with Crippen molar-refractivity contribution in [1.29, 1.82) is 0 Å². The molecule has 2 N–H and O–H groups in total. The molecule has 1 amide bonds. The van der Waals surface area contributed by atoms with Crippen molar-refractivity contribution < 1.29 is 24.2 Å². The summed E-state index contributed by atoms with van der Waals surface area (Å²) in [5, 5.41) is 11.6. The number of amides is 1. The first kappa shape index (κ1) is 14.9. The van der Waals surface area contributed by atoms with Gasteiger partial charge in [-0.05, 0) is 37.3 Å². The number of anilines is 1. The zero-order chi connectivity index (χ0) is 16.4. The maximum absolute atomic E-state index is 12.4. The molecule has 6 heteroatoms. The van der Waals surface area contributed by atoms with Crippen molar-refractivity contribution in [3.8, 4) is 11.5 Å². The van der Waals surface area contributed by atoms with Crippen LogP contribution in [0.5, 0.6) is 11.5 Å². The molecule has 2 aromatic rings. The molecular formula is C17H15NO5. The summed E-state index contributed by atoms with van der Waals surface area (Å²) in [6.07, 6.45) is -1.29. The largest absolute Gasteiger partial charge is 0.482 e. The first-order valence-electron chi connectivity index (χ1n) is 7.11. The SMILES string of the molecule is C[C@@H]1Oc2ccccc2O[C@@H]1C(=O)Nc1cccc(C(=O)O)c1. The van der Waals surface area contributed by atoms with Crippen LogP contribution < -0.4 is 14.8 Å². The van der Waals surface area contributed by atoms with Crippen molar-refractivity contribution in [2.24, 2.45) is 0 Å². The molecule has 0 spiro atoms. The highest BCUT2D eigenvalue weighted by molar-refractivity contribution is 5.96. The molecule has 3 rings (SSSR count). The van der Waals surface area contributed by atoms with E-state index < -0.39 is 24.1 Å². The van der Waals surface area contributed by atoms with E-state index in [0.717, 1.165) is 0 Å². The van der Waals surface area contributed by atoms with Crippen LogP contribution >= 0.6 is 0 Å². The van der Waals surface area contributed by atoms with E-state index in [1.54, 1.807) is 37.3 Å². The zero-order valence-electron chi connectivity index (χ0n) is 12.4. The number of aromatic carboxylic acids is 1. The Kier molecular flexibility index (Phi) is 3.89. The van der Waals surface area contributed by atoms with Gasteiger partial charge >= 0.3 is 5.97 Å². The number of carbonyl (C=O) groups is 2. The first-order chi connectivity index (χ1) is 11.0. The molecule has 118 valence electrons. The number of carboxylic acids is 1. The van der Waals surface area contributed by atoms with Crippen LogP contribution in [-0.4, -0.2) is 29.2 Å². The van der Waals surface area contributed by atoms with Gasteiger partial charge in [-0.15, -0.1) is 0 Å². The molecule has 2 atom stereocenters. The lowest BCUT2D eigenvalue weighted by molar-refractivity contribution is -0.128. The van der Waals surface area contributed by atoms with E-state index in [1.807, 2.05) is 6.07 Å². The van der Waals surface area contributed by atoms with E-state index in [1.165, 1.54) is 12.1 Å². The average molecular weight is 313 g/mol. The Labute approximate surface area is 132 Å². The molecule has 6 nitrogen and oxygen atoms in total. The Morgan fingerprint density at radius 2 is 1.74 bits per heavy atom.